The summed E-state index contributed by atoms with van der Waals surface area (Å²) >= 11 is 0. The van der Waals surface area contributed by atoms with Gasteiger partial charge in [-0.2, -0.15) is 0 Å². The van der Waals surface area contributed by atoms with E-state index in [0.29, 0.717) is 26.0 Å². The summed E-state index contributed by atoms with van der Waals surface area (Å²) in [4.78, 5) is 11.6. The van der Waals surface area contributed by atoms with Gasteiger partial charge in [-0.15, -0.1) is 0 Å². The molecule has 0 aromatic carbocycles. The zero-order valence-electron chi connectivity index (χ0n) is 11.5. The largest absolute Gasteiger partial charge is 0.466 e. The highest BCUT2D eigenvalue weighted by Crippen LogP contribution is 2.37. The molecule has 2 rings (SSSR count). The first kappa shape index (κ1) is 13.8. The number of carbonyl (C=O) groups is 1. The van der Waals surface area contributed by atoms with E-state index in [1.807, 2.05) is 6.92 Å². The van der Waals surface area contributed by atoms with Gasteiger partial charge in [-0.05, 0) is 52.4 Å². The predicted octanol–water partition coefficient (Wildman–Crippen LogP) is 1.61. The normalized spacial score (nSPS) is 34.1. The highest BCUT2D eigenvalue weighted by Gasteiger charge is 2.41. The maximum atomic E-state index is 11.6. The molecule has 2 fully saturated rings. The van der Waals surface area contributed by atoms with E-state index in [-0.39, 0.29) is 17.4 Å². The summed E-state index contributed by atoms with van der Waals surface area (Å²) in [5, 5.41) is 13.9. The van der Waals surface area contributed by atoms with E-state index < -0.39 is 5.60 Å². The Morgan fingerprint density at radius 1 is 1.33 bits per heavy atom. The maximum absolute atomic E-state index is 11.6. The Bertz CT molecular complexity index is 304. The van der Waals surface area contributed by atoms with E-state index in [1.165, 1.54) is 12.8 Å². The second kappa shape index (κ2) is 5.17. The standard InChI is InChI=1S/C14H25NO3/c1-3-18-12(16)11-4-6-14(17,7-5-11)10-15-13(2)8-9-13/h11,15,17H,3-10H2,1-2H3. The van der Waals surface area contributed by atoms with Crippen LogP contribution in [0.1, 0.15) is 52.4 Å². The van der Waals surface area contributed by atoms with Gasteiger partial charge in [0.15, 0.2) is 0 Å². The van der Waals surface area contributed by atoms with Crippen molar-refractivity contribution >= 4 is 5.97 Å². The van der Waals surface area contributed by atoms with Crippen LogP contribution >= 0.6 is 0 Å². The number of hydrogen-bond acceptors (Lipinski definition) is 4. The Morgan fingerprint density at radius 3 is 2.44 bits per heavy atom. The van der Waals surface area contributed by atoms with Crippen molar-refractivity contribution in [3.63, 3.8) is 0 Å². The average Bonchev–Trinajstić information content (AvgIpc) is 3.07. The van der Waals surface area contributed by atoms with E-state index in [9.17, 15) is 9.90 Å². The van der Waals surface area contributed by atoms with Crippen molar-refractivity contribution in [2.75, 3.05) is 13.2 Å². The van der Waals surface area contributed by atoms with Gasteiger partial charge in [-0.1, -0.05) is 0 Å². The minimum absolute atomic E-state index is 0.0123. The van der Waals surface area contributed by atoms with Gasteiger partial charge >= 0.3 is 5.97 Å². The lowest BCUT2D eigenvalue weighted by Gasteiger charge is -2.36. The van der Waals surface area contributed by atoms with Crippen molar-refractivity contribution < 1.29 is 14.6 Å². The van der Waals surface area contributed by atoms with E-state index in [2.05, 4.69) is 12.2 Å². The van der Waals surface area contributed by atoms with E-state index in [1.54, 1.807) is 0 Å². The van der Waals surface area contributed by atoms with Crippen LogP contribution in [0.25, 0.3) is 0 Å². The Labute approximate surface area is 109 Å². The third kappa shape index (κ3) is 3.45. The number of aliphatic hydroxyl groups is 1. The average molecular weight is 255 g/mol. The molecule has 2 N–H and O–H groups in total. The van der Waals surface area contributed by atoms with Crippen molar-refractivity contribution in [1.29, 1.82) is 0 Å². The number of hydrogen-bond donors (Lipinski definition) is 2. The Balaban J connectivity index is 1.75. The molecule has 0 saturated heterocycles. The number of carbonyl (C=O) groups excluding carboxylic acids is 1. The number of esters is 1. The molecular weight excluding hydrogens is 230 g/mol. The quantitative estimate of drug-likeness (QED) is 0.733. The second-order valence-electron chi connectivity index (χ2n) is 6.16. The Kier molecular flexibility index (Phi) is 3.97. The van der Waals surface area contributed by atoms with Crippen LogP contribution in [-0.2, 0) is 9.53 Å². The van der Waals surface area contributed by atoms with Gasteiger partial charge in [-0.3, -0.25) is 4.79 Å². The van der Waals surface area contributed by atoms with E-state index >= 15 is 0 Å². The number of nitrogens with one attached hydrogen (secondary N) is 1. The monoisotopic (exact) mass is 255 g/mol. The van der Waals surface area contributed by atoms with Crippen LogP contribution in [0.2, 0.25) is 0 Å². The smallest absolute Gasteiger partial charge is 0.308 e. The van der Waals surface area contributed by atoms with Gasteiger partial charge in [-0.25, -0.2) is 0 Å². The lowest BCUT2D eigenvalue weighted by molar-refractivity contribution is -0.151. The van der Waals surface area contributed by atoms with Gasteiger partial charge in [0.25, 0.3) is 0 Å². The molecule has 0 amide bonds. The molecule has 0 aliphatic heterocycles. The topological polar surface area (TPSA) is 58.6 Å². The molecule has 0 heterocycles. The fourth-order valence-corrected chi connectivity index (χ4v) is 2.57. The van der Waals surface area contributed by atoms with Crippen molar-refractivity contribution in [1.82, 2.24) is 5.32 Å². The summed E-state index contributed by atoms with van der Waals surface area (Å²) in [6.45, 7) is 5.12. The first-order valence-corrected chi connectivity index (χ1v) is 7.10. The molecule has 0 unspecified atom stereocenters. The molecule has 0 aromatic heterocycles. The van der Waals surface area contributed by atoms with Crippen LogP contribution in [0.4, 0.5) is 0 Å². The molecule has 2 saturated carbocycles. The predicted molar refractivity (Wildman–Crippen MR) is 69.2 cm³/mol. The van der Waals surface area contributed by atoms with Crippen LogP contribution in [0.3, 0.4) is 0 Å². The summed E-state index contributed by atoms with van der Waals surface area (Å²) in [5.74, 6) is -0.108. The highest BCUT2D eigenvalue weighted by atomic mass is 16.5. The summed E-state index contributed by atoms with van der Waals surface area (Å²) < 4.78 is 5.04. The minimum Gasteiger partial charge on any atom is -0.466 e. The lowest BCUT2D eigenvalue weighted by atomic mass is 9.78. The third-order valence-corrected chi connectivity index (χ3v) is 4.38. The molecule has 0 aromatic rings. The summed E-state index contributed by atoms with van der Waals surface area (Å²) in [5.41, 5.74) is -0.373. The van der Waals surface area contributed by atoms with Gasteiger partial charge in [0.05, 0.1) is 18.1 Å². The third-order valence-electron chi connectivity index (χ3n) is 4.38. The zero-order valence-corrected chi connectivity index (χ0v) is 11.5. The van der Waals surface area contributed by atoms with Gasteiger partial charge in [0.1, 0.15) is 0 Å². The minimum atomic E-state index is -0.630. The van der Waals surface area contributed by atoms with Crippen molar-refractivity contribution in [2.45, 2.75) is 63.5 Å². The molecule has 4 heteroatoms. The highest BCUT2D eigenvalue weighted by molar-refractivity contribution is 5.72. The van der Waals surface area contributed by atoms with Crippen molar-refractivity contribution in [3.05, 3.63) is 0 Å². The molecule has 2 aliphatic rings. The van der Waals surface area contributed by atoms with E-state index in [4.69, 9.17) is 4.74 Å². The zero-order chi connectivity index (χ0) is 13.2. The molecule has 18 heavy (non-hydrogen) atoms. The van der Waals surface area contributed by atoms with Crippen LogP contribution in [-0.4, -0.2) is 35.4 Å². The molecule has 2 aliphatic carbocycles. The first-order valence-electron chi connectivity index (χ1n) is 7.10. The molecular formula is C14H25NO3. The van der Waals surface area contributed by atoms with Crippen LogP contribution in [0.15, 0.2) is 0 Å². The molecule has 0 bridgehead atoms. The molecule has 4 nitrogen and oxygen atoms in total. The summed E-state index contributed by atoms with van der Waals surface area (Å²) in [6.07, 6.45) is 5.28. The number of rotatable bonds is 5. The second-order valence-corrected chi connectivity index (χ2v) is 6.16. The van der Waals surface area contributed by atoms with Crippen molar-refractivity contribution in [3.8, 4) is 0 Å². The Morgan fingerprint density at radius 2 is 1.94 bits per heavy atom. The van der Waals surface area contributed by atoms with E-state index in [0.717, 1.165) is 12.8 Å². The number of ether oxygens (including phenoxy) is 1. The van der Waals surface area contributed by atoms with Crippen molar-refractivity contribution in [2.24, 2.45) is 5.92 Å². The molecule has 0 radical (unpaired) electrons. The Hall–Kier alpha value is -0.610. The van der Waals surface area contributed by atoms with Gasteiger partial charge in [0, 0.05) is 12.1 Å². The fourth-order valence-electron chi connectivity index (χ4n) is 2.57. The summed E-state index contributed by atoms with van der Waals surface area (Å²) in [6, 6.07) is 0. The molecule has 0 spiro atoms. The maximum Gasteiger partial charge on any atom is 0.308 e. The van der Waals surface area contributed by atoms with Crippen LogP contribution in [0.5, 0.6) is 0 Å². The molecule has 0 atom stereocenters. The fraction of sp³-hybridized carbons (Fsp3) is 0.929. The number of β-amino-alcohol motifs (C(OH)–C–C–N with tert-alkyl or cyclic N) is 1. The lowest BCUT2D eigenvalue weighted by Crippen LogP contribution is -2.47. The summed E-state index contributed by atoms with van der Waals surface area (Å²) in [7, 11) is 0. The SMILES string of the molecule is CCOC(=O)C1CCC(O)(CNC2(C)CC2)CC1. The van der Waals surface area contributed by atoms with Gasteiger partial charge < -0.3 is 15.2 Å². The first-order chi connectivity index (χ1) is 8.46. The van der Waals surface area contributed by atoms with Crippen LogP contribution < -0.4 is 5.32 Å². The molecule has 104 valence electrons. The van der Waals surface area contributed by atoms with Gasteiger partial charge in [0.2, 0.25) is 0 Å². The van der Waals surface area contributed by atoms with Crippen LogP contribution in [0, 0.1) is 5.92 Å².